The summed E-state index contributed by atoms with van der Waals surface area (Å²) in [7, 11) is 0. The van der Waals surface area contributed by atoms with Gasteiger partial charge in [0, 0.05) is 18.2 Å². The van der Waals surface area contributed by atoms with Crippen LogP contribution in [0.15, 0.2) is 30.6 Å². The van der Waals surface area contributed by atoms with Crippen molar-refractivity contribution in [2.45, 2.75) is 25.8 Å². The maximum atomic E-state index is 11.7. The number of rotatable bonds is 5. The highest BCUT2D eigenvalue weighted by molar-refractivity contribution is 5.91. The molecule has 1 aromatic heterocycles. The summed E-state index contributed by atoms with van der Waals surface area (Å²) in [5, 5.41) is 13.7. The number of benzene rings is 1. The van der Waals surface area contributed by atoms with Gasteiger partial charge in [-0.3, -0.25) is 4.79 Å². The van der Waals surface area contributed by atoms with E-state index in [0.29, 0.717) is 6.42 Å². The van der Waals surface area contributed by atoms with Crippen LogP contribution >= 0.6 is 0 Å². The lowest BCUT2D eigenvalue weighted by Crippen LogP contribution is -2.26. The molecule has 2 rings (SSSR count). The molecule has 0 aliphatic rings. The molecular formula is C12H16N6O. The molecule has 0 aliphatic heterocycles. The molecule has 0 radical (unpaired) electrons. The lowest BCUT2D eigenvalue weighted by atomic mass is 10.1. The van der Waals surface area contributed by atoms with E-state index in [1.807, 2.05) is 19.1 Å². The molecule has 1 aromatic carbocycles. The molecule has 100 valence electrons. The van der Waals surface area contributed by atoms with Crippen LogP contribution in [-0.2, 0) is 4.79 Å². The van der Waals surface area contributed by atoms with Gasteiger partial charge in [0.25, 0.3) is 0 Å². The van der Waals surface area contributed by atoms with E-state index in [0.717, 1.165) is 17.8 Å². The molecule has 0 spiro atoms. The average Bonchev–Trinajstić information content (AvgIpc) is 2.93. The molecule has 0 saturated heterocycles. The van der Waals surface area contributed by atoms with E-state index in [1.165, 1.54) is 6.33 Å². The van der Waals surface area contributed by atoms with E-state index in [4.69, 9.17) is 5.73 Å². The zero-order valence-electron chi connectivity index (χ0n) is 10.7. The monoisotopic (exact) mass is 260 g/mol. The van der Waals surface area contributed by atoms with Gasteiger partial charge in [0.1, 0.15) is 6.33 Å². The lowest BCUT2D eigenvalue weighted by Gasteiger charge is -2.09. The predicted octanol–water partition coefficient (Wildman–Crippen LogP) is 0.728. The minimum atomic E-state index is -0.0968. The highest BCUT2D eigenvalue weighted by atomic mass is 16.1. The average molecular weight is 260 g/mol. The first kappa shape index (κ1) is 13.2. The van der Waals surface area contributed by atoms with E-state index >= 15 is 0 Å². The van der Waals surface area contributed by atoms with E-state index in [-0.39, 0.29) is 11.9 Å². The quantitative estimate of drug-likeness (QED) is 0.825. The molecule has 1 unspecified atom stereocenters. The SMILES string of the molecule is CCC(N)CC(=O)Nc1ccc(-n2cnnn2)cc1. The van der Waals surface area contributed by atoms with Gasteiger partial charge in [0.15, 0.2) is 0 Å². The molecule has 1 heterocycles. The Hall–Kier alpha value is -2.28. The van der Waals surface area contributed by atoms with Gasteiger partial charge < -0.3 is 11.1 Å². The number of tetrazole rings is 1. The first-order valence-corrected chi connectivity index (χ1v) is 6.08. The van der Waals surface area contributed by atoms with Gasteiger partial charge in [-0.1, -0.05) is 6.92 Å². The highest BCUT2D eigenvalue weighted by Crippen LogP contribution is 2.12. The topological polar surface area (TPSA) is 98.7 Å². The molecule has 2 aromatic rings. The third-order valence-corrected chi connectivity index (χ3v) is 2.74. The van der Waals surface area contributed by atoms with Crippen LogP contribution in [0.2, 0.25) is 0 Å². The first-order chi connectivity index (χ1) is 9.19. The molecule has 7 heteroatoms. The van der Waals surface area contributed by atoms with Crippen molar-refractivity contribution in [1.29, 1.82) is 0 Å². The Labute approximate surface area is 110 Å². The molecule has 7 nitrogen and oxygen atoms in total. The minimum absolute atomic E-state index is 0.0791. The lowest BCUT2D eigenvalue weighted by molar-refractivity contribution is -0.116. The largest absolute Gasteiger partial charge is 0.327 e. The Kier molecular flexibility index (Phi) is 4.19. The molecule has 3 N–H and O–H groups in total. The second-order valence-corrected chi connectivity index (χ2v) is 4.22. The van der Waals surface area contributed by atoms with Crippen LogP contribution in [0.3, 0.4) is 0 Å². The summed E-state index contributed by atoms with van der Waals surface area (Å²) < 4.78 is 1.54. The second kappa shape index (κ2) is 6.05. The number of amides is 1. The van der Waals surface area contributed by atoms with Gasteiger partial charge in [-0.2, -0.15) is 0 Å². The van der Waals surface area contributed by atoms with Gasteiger partial charge in [-0.15, -0.1) is 5.10 Å². The van der Waals surface area contributed by atoms with E-state index in [1.54, 1.807) is 16.8 Å². The van der Waals surface area contributed by atoms with Crippen molar-refractivity contribution < 1.29 is 4.79 Å². The molecule has 1 amide bonds. The third kappa shape index (κ3) is 3.59. The first-order valence-electron chi connectivity index (χ1n) is 6.08. The Morgan fingerprint density at radius 1 is 1.42 bits per heavy atom. The summed E-state index contributed by atoms with van der Waals surface area (Å²) in [6, 6.07) is 7.15. The van der Waals surface area contributed by atoms with Crippen LogP contribution in [0.1, 0.15) is 19.8 Å². The second-order valence-electron chi connectivity index (χ2n) is 4.22. The van der Waals surface area contributed by atoms with Gasteiger partial charge in [0.05, 0.1) is 5.69 Å². The number of carbonyl (C=O) groups excluding carboxylic acids is 1. The Morgan fingerprint density at radius 2 is 2.16 bits per heavy atom. The standard InChI is InChI=1S/C12H16N6O/c1-2-9(13)7-12(19)15-10-3-5-11(6-4-10)18-8-14-16-17-18/h3-6,8-9H,2,7,13H2,1H3,(H,15,19). The van der Waals surface area contributed by atoms with E-state index in [9.17, 15) is 4.79 Å². The predicted molar refractivity (Wildman–Crippen MR) is 70.7 cm³/mol. The van der Waals surface area contributed by atoms with E-state index < -0.39 is 0 Å². The van der Waals surface area contributed by atoms with Crippen LogP contribution in [0.25, 0.3) is 5.69 Å². The zero-order valence-corrected chi connectivity index (χ0v) is 10.7. The van der Waals surface area contributed by atoms with Crippen LogP contribution in [-0.4, -0.2) is 32.2 Å². The molecule has 1 atom stereocenters. The van der Waals surface area contributed by atoms with Crippen molar-refractivity contribution >= 4 is 11.6 Å². The molecule has 0 bridgehead atoms. The number of nitrogens with zero attached hydrogens (tertiary/aromatic N) is 4. The summed E-state index contributed by atoms with van der Waals surface area (Å²) in [4.78, 5) is 11.7. The minimum Gasteiger partial charge on any atom is -0.327 e. The van der Waals surface area contributed by atoms with Gasteiger partial charge >= 0.3 is 0 Å². The Bertz CT molecular complexity index is 522. The van der Waals surface area contributed by atoms with Crippen molar-refractivity contribution in [3.05, 3.63) is 30.6 Å². The summed E-state index contributed by atoms with van der Waals surface area (Å²) in [6.45, 7) is 1.96. The molecule has 0 aliphatic carbocycles. The summed E-state index contributed by atoms with van der Waals surface area (Å²) in [5.74, 6) is -0.0791. The number of nitrogens with one attached hydrogen (secondary N) is 1. The number of nitrogens with two attached hydrogens (primary N) is 1. The number of carbonyl (C=O) groups is 1. The molecule has 0 saturated carbocycles. The van der Waals surface area contributed by atoms with Gasteiger partial charge in [-0.25, -0.2) is 4.68 Å². The maximum Gasteiger partial charge on any atom is 0.225 e. The number of hydrogen-bond donors (Lipinski definition) is 2. The van der Waals surface area contributed by atoms with Crippen LogP contribution in [0, 0.1) is 0 Å². The number of aromatic nitrogens is 4. The van der Waals surface area contributed by atoms with E-state index in [2.05, 4.69) is 20.8 Å². The Balaban J connectivity index is 1.97. The number of anilines is 1. The summed E-state index contributed by atoms with van der Waals surface area (Å²) in [5.41, 5.74) is 7.28. The van der Waals surface area contributed by atoms with Crippen molar-refractivity contribution in [3.8, 4) is 5.69 Å². The van der Waals surface area contributed by atoms with Crippen molar-refractivity contribution in [1.82, 2.24) is 20.2 Å². The summed E-state index contributed by atoms with van der Waals surface area (Å²) in [6.07, 6.45) is 2.62. The van der Waals surface area contributed by atoms with Crippen LogP contribution < -0.4 is 11.1 Å². The summed E-state index contributed by atoms with van der Waals surface area (Å²) >= 11 is 0. The number of hydrogen-bond acceptors (Lipinski definition) is 5. The maximum absolute atomic E-state index is 11.7. The fourth-order valence-corrected chi connectivity index (χ4v) is 1.57. The van der Waals surface area contributed by atoms with Crippen molar-refractivity contribution in [3.63, 3.8) is 0 Å². The molecule has 19 heavy (non-hydrogen) atoms. The zero-order chi connectivity index (χ0) is 13.7. The van der Waals surface area contributed by atoms with Crippen molar-refractivity contribution in [2.75, 3.05) is 5.32 Å². The van der Waals surface area contributed by atoms with Crippen LogP contribution in [0.4, 0.5) is 5.69 Å². The fraction of sp³-hybridized carbons (Fsp3) is 0.333. The normalized spacial score (nSPS) is 12.1. The van der Waals surface area contributed by atoms with Crippen LogP contribution in [0.5, 0.6) is 0 Å². The highest BCUT2D eigenvalue weighted by Gasteiger charge is 2.08. The van der Waals surface area contributed by atoms with Crippen molar-refractivity contribution in [2.24, 2.45) is 5.73 Å². The fourth-order valence-electron chi connectivity index (χ4n) is 1.57. The third-order valence-electron chi connectivity index (χ3n) is 2.74. The smallest absolute Gasteiger partial charge is 0.225 e. The Morgan fingerprint density at radius 3 is 2.74 bits per heavy atom. The van der Waals surface area contributed by atoms with Gasteiger partial charge in [0.2, 0.25) is 5.91 Å². The van der Waals surface area contributed by atoms with Gasteiger partial charge in [-0.05, 0) is 41.1 Å². The molecular weight excluding hydrogens is 244 g/mol. The molecule has 0 fully saturated rings.